The molecule has 1 aromatic carbocycles. The third kappa shape index (κ3) is 6.43. The Morgan fingerprint density at radius 2 is 1.88 bits per heavy atom. The normalized spacial score (nSPS) is 12.4. The number of urea groups is 1. The summed E-state index contributed by atoms with van der Waals surface area (Å²) in [5.74, 6) is -2.11. The summed E-state index contributed by atoms with van der Waals surface area (Å²) in [4.78, 5) is 33.9. The van der Waals surface area contributed by atoms with Crippen molar-refractivity contribution in [3.8, 4) is 0 Å². The molecule has 0 bridgehead atoms. The Bertz CT molecular complexity index is 695. The molecule has 26 heavy (non-hydrogen) atoms. The number of carbonyl (C=O) groups is 3. The summed E-state index contributed by atoms with van der Waals surface area (Å²) in [5, 5.41) is 4.18. The minimum atomic E-state index is -4.55. The number of carbonyl (C=O) groups excluding carboxylic acids is 3. The summed E-state index contributed by atoms with van der Waals surface area (Å²) < 4.78 is 42.8. The number of ether oxygens (including phenoxy) is 1. The van der Waals surface area contributed by atoms with Gasteiger partial charge in [0.25, 0.3) is 5.91 Å². The molecule has 0 aliphatic heterocycles. The molecule has 7 nitrogen and oxygen atoms in total. The van der Waals surface area contributed by atoms with Crippen molar-refractivity contribution in [2.75, 3.05) is 11.9 Å². The Morgan fingerprint density at radius 3 is 2.35 bits per heavy atom. The van der Waals surface area contributed by atoms with Crippen LogP contribution in [0.2, 0.25) is 5.02 Å². The molecule has 0 aliphatic rings. The molecule has 11 heteroatoms. The van der Waals surface area contributed by atoms with Crippen molar-refractivity contribution in [1.29, 1.82) is 0 Å². The molecule has 3 amide bonds. The number of rotatable bonds is 6. The first kappa shape index (κ1) is 21.6. The third-order valence-corrected chi connectivity index (χ3v) is 3.45. The summed E-state index contributed by atoms with van der Waals surface area (Å²) in [6.45, 7) is 2.56. The minimum Gasteiger partial charge on any atom is -0.454 e. The third-order valence-electron chi connectivity index (χ3n) is 3.14. The first-order chi connectivity index (χ1) is 11.9. The van der Waals surface area contributed by atoms with Crippen LogP contribution in [0.25, 0.3) is 0 Å². The molecule has 0 heterocycles. The number of hydrogen-bond acceptors (Lipinski definition) is 5. The van der Waals surface area contributed by atoms with Gasteiger partial charge in [-0.05, 0) is 24.1 Å². The van der Waals surface area contributed by atoms with E-state index in [4.69, 9.17) is 22.1 Å². The summed E-state index contributed by atoms with van der Waals surface area (Å²) in [7, 11) is 0. The van der Waals surface area contributed by atoms with Crippen LogP contribution in [0.3, 0.4) is 0 Å². The second-order valence-corrected chi connectivity index (χ2v) is 5.99. The Kier molecular flexibility index (Phi) is 7.25. The second-order valence-electron chi connectivity index (χ2n) is 5.58. The maximum atomic E-state index is 12.7. The van der Waals surface area contributed by atoms with Crippen LogP contribution in [-0.4, -0.2) is 30.6 Å². The van der Waals surface area contributed by atoms with Gasteiger partial charge >= 0.3 is 18.2 Å². The maximum Gasteiger partial charge on any atom is 0.416 e. The second kappa shape index (κ2) is 8.75. The lowest BCUT2D eigenvalue weighted by molar-refractivity contribution is -0.149. The topological polar surface area (TPSA) is 111 Å². The number of nitrogens with two attached hydrogens (primary N) is 1. The number of hydrogen-bond donors (Lipinski definition) is 3. The van der Waals surface area contributed by atoms with Crippen molar-refractivity contribution in [1.82, 2.24) is 5.32 Å². The van der Waals surface area contributed by atoms with Crippen molar-refractivity contribution >= 4 is 35.2 Å². The molecule has 144 valence electrons. The standard InChI is InChI=1S/C15H17ClF3N3O4/c1-7(2)12(13(24)26-6-11(23)22-14(20)25)21-10-4-3-8(5-9(10)16)15(17,18)19/h3-5,7,12,21H,6H2,1-2H3,(H3,20,22,23,25)/t12-/m0/s1. The van der Waals surface area contributed by atoms with Crippen molar-refractivity contribution in [3.63, 3.8) is 0 Å². The molecule has 0 radical (unpaired) electrons. The SMILES string of the molecule is CC(C)[C@H](Nc1ccc(C(F)(F)F)cc1Cl)C(=O)OCC(=O)NC(N)=O. The maximum absolute atomic E-state index is 12.7. The summed E-state index contributed by atoms with van der Waals surface area (Å²) in [5.41, 5.74) is 3.91. The quantitative estimate of drug-likeness (QED) is 0.641. The summed E-state index contributed by atoms with van der Waals surface area (Å²) in [6, 6.07) is 0.546. The zero-order valence-electron chi connectivity index (χ0n) is 13.8. The van der Waals surface area contributed by atoms with Crippen LogP contribution in [0.15, 0.2) is 18.2 Å². The Hall–Kier alpha value is -2.49. The number of esters is 1. The number of anilines is 1. The van der Waals surface area contributed by atoms with Gasteiger partial charge in [-0.1, -0.05) is 25.4 Å². The molecule has 1 atom stereocenters. The van der Waals surface area contributed by atoms with Crippen molar-refractivity contribution in [2.24, 2.45) is 11.7 Å². The molecule has 0 spiro atoms. The lowest BCUT2D eigenvalue weighted by Crippen LogP contribution is -2.41. The number of alkyl halides is 3. The van der Waals surface area contributed by atoms with Crippen LogP contribution in [0.5, 0.6) is 0 Å². The Labute approximate surface area is 152 Å². The van der Waals surface area contributed by atoms with Gasteiger partial charge in [0, 0.05) is 0 Å². The Balaban J connectivity index is 2.84. The van der Waals surface area contributed by atoms with E-state index in [1.165, 1.54) is 0 Å². The monoisotopic (exact) mass is 395 g/mol. The Morgan fingerprint density at radius 1 is 1.27 bits per heavy atom. The van der Waals surface area contributed by atoms with Crippen LogP contribution in [0.1, 0.15) is 19.4 Å². The highest BCUT2D eigenvalue weighted by molar-refractivity contribution is 6.33. The number of imide groups is 1. The van der Waals surface area contributed by atoms with Gasteiger partial charge in [-0.25, -0.2) is 9.59 Å². The van der Waals surface area contributed by atoms with E-state index >= 15 is 0 Å². The predicted octanol–water partition coefficient (Wildman–Crippen LogP) is 2.53. The van der Waals surface area contributed by atoms with E-state index in [0.29, 0.717) is 0 Å². The van der Waals surface area contributed by atoms with Crippen molar-refractivity contribution in [2.45, 2.75) is 26.1 Å². The molecular weight excluding hydrogens is 379 g/mol. The molecule has 0 saturated carbocycles. The van der Waals surface area contributed by atoms with Gasteiger partial charge in [-0.3, -0.25) is 10.1 Å². The average molecular weight is 396 g/mol. The highest BCUT2D eigenvalue weighted by Gasteiger charge is 2.31. The zero-order valence-corrected chi connectivity index (χ0v) is 14.6. The van der Waals surface area contributed by atoms with Gasteiger partial charge in [0.2, 0.25) is 0 Å². The van der Waals surface area contributed by atoms with E-state index in [1.54, 1.807) is 19.2 Å². The molecule has 0 unspecified atom stereocenters. The predicted molar refractivity (Wildman–Crippen MR) is 87.4 cm³/mol. The van der Waals surface area contributed by atoms with Gasteiger partial charge in [0.05, 0.1) is 16.3 Å². The lowest BCUT2D eigenvalue weighted by Gasteiger charge is -2.22. The van der Waals surface area contributed by atoms with Gasteiger partial charge in [-0.15, -0.1) is 0 Å². The molecule has 0 fully saturated rings. The summed E-state index contributed by atoms with van der Waals surface area (Å²) >= 11 is 5.84. The van der Waals surface area contributed by atoms with E-state index in [1.807, 2.05) is 0 Å². The lowest BCUT2D eigenvalue weighted by atomic mass is 10.0. The van der Waals surface area contributed by atoms with E-state index in [9.17, 15) is 27.6 Å². The molecule has 4 N–H and O–H groups in total. The number of primary amides is 1. The number of amides is 3. The molecule has 0 saturated heterocycles. The van der Waals surface area contributed by atoms with Crippen molar-refractivity contribution in [3.05, 3.63) is 28.8 Å². The molecule has 0 aromatic heterocycles. The zero-order chi connectivity index (χ0) is 20.1. The van der Waals surface area contributed by atoms with Gasteiger partial charge in [0.15, 0.2) is 6.61 Å². The number of benzene rings is 1. The highest BCUT2D eigenvalue weighted by Crippen LogP contribution is 2.34. The van der Waals surface area contributed by atoms with Gasteiger partial charge in [-0.2, -0.15) is 13.2 Å². The molecular formula is C15H17ClF3N3O4. The highest BCUT2D eigenvalue weighted by atomic mass is 35.5. The average Bonchev–Trinajstić information content (AvgIpc) is 2.49. The van der Waals surface area contributed by atoms with Gasteiger partial charge in [0.1, 0.15) is 6.04 Å². The van der Waals surface area contributed by atoms with Crippen LogP contribution in [0, 0.1) is 5.92 Å². The smallest absolute Gasteiger partial charge is 0.416 e. The fourth-order valence-corrected chi connectivity index (χ4v) is 2.11. The molecule has 1 rings (SSSR count). The van der Waals surface area contributed by atoms with E-state index in [2.05, 4.69) is 5.32 Å². The van der Waals surface area contributed by atoms with Crippen LogP contribution >= 0.6 is 11.6 Å². The van der Waals surface area contributed by atoms with E-state index < -0.39 is 42.3 Å². The molecule has 1 aromatic rings. The largest absolute Gasteiger partial charge is 0.454 e. The first-order valence-corrected chi connectivity index (χ1v) is 7.68. The van der Waals surface area contributed by atoms with Crippen LogP contribution < -0.4 is 16.4 Å². The summed E-state index contributed by atoms with van der Waals surface area (Å²) in [6.07, 6.45) is -4.55. The fourth-order valence-electron chi connectivity index (χ4n) is 1.87. The van der Waals surface area contributed by atoms with Gasteiger partial charge < -0.3 is 15.8 Å². The van der Waals surface area contributed by atoms with E-state index in [0.717, 1.165) is 18.2 Å². The van der Waals surface area contributed by atoms with Crippen LogP contribution in [0.4, 0.5) is 23.7 Å². The molecule has 0 aliphatic carbocycles. The van der Waals surface area contributed by atoms with Crippen LogP contribution in [-0.2, 0) is 20.5 Å². The first-order valence-electron chi connectivity index (χ1n) is 7.31. The number of nitrogens with one attached hydrogen (secondary N) is 2. The van der Waals surface area contributed by atoms with Crippen molar-refractivity contribution < 1.29 is 32.3 Å². The number of halogens is 4. The van der Waals surface area contributed by atoms with E-state index in [-0.39, 0.29) is 16.6 Å². The fraction of sp³-hybridized carbons (Fsp3) is 0.400. The minimum absolute atomic E-state index is 0.0944.